The molecule has 124 valence electrons. The summed E-state index contributed by atoms with van der Waals surface area (Å²) in [6.07, 6.45) is 1.18. The molecule has 0 atom stereocenters. The largest absolute Gasteiger partial charge is 0.287 e. The highest BCUT2D eigenvalue weighted by molar-refractivity contribution is 6.30. The van der Waals surface area contributed by atoms with E-state index < -0.39 is 4.92 Å². The lowest BCUT2D eigenvalue weighted by molar-refractivity contribution is -0.385. The number of rotatable bonds is 5. The normalized spacial score (nSPS) is 11.2. The van der Waals surface area contributed by atoms with Crippen LogP contribution in [0.2, 0.25) is 5.02 Å². The number of pyridine rings is 1. The van der Waals surface area contributed by atoms with Crippen LogP contribution in [-0.2, 0) is 0 Å². The van der Waals surface area contributed by atoms with Gasteiger partial charge in [-0.2, -0.15) is 5.10 Å². The van der Waals surface area contributed by atoms with Crippen molar-refractivity contribution >= 4 is 28.8 Å². The Bertz CT molecular complexity index is 895. The van der Waals surface area contributed by atoms with Crippen LogP contribution in [0.1, 0.15) is 11.1 Å². The van der Waals surface area contributed by atoms with Gasteiger partial charge in [0.1, 0.15) is 12.0 Å². The van der Waals surface area contributed by atoms with Gasteiger partial charge in [-0.15, -0.1) is 0 Å². The minimum Gasteiger partial charge on any atom is -0.261 e. The van der Waals surface area contributed by atoms with Gasteiger partial charge in [0.2, 0.25) is 0 Å². The highest BCUT2D eigenvalue weighted by Gasteiger charge is 2.08. The van der Waals surface area contributed by atoms with E-state index in [0.717, 1.165) is 11.1 Å². The number of anilines is 1. The summed E-state index contributed by atoms with van der Waals surface area (Å²) >= 11 is 5.96. The minimum absolute atomic E-state index is 0.0736. The van der Waals surface area contributed by atoms with E-state index in [1.54, 1.807) is 12.1 Å². The molecule has 7 heteroatoms. The molecule has 1 aromatic heterocycles. The molecule has 0 bridgehead atoms. The molecule has 0 radical (unpaired) electrons. The van der Waals surface area contributed by atoms with Crippen molar-refractivity contribution in [2.75, 3.05) is 5.43 Å². The average Bonchev–Trinajstić information content (AvgIpc) is 2.64. The number of nitrogens with zero attached hydrogens (tertiary/aromatic N) is 3. The fraction of sp³-hybridized carbons (Fsp3) is 0. The van der Waals surface area contributed by atoms with E-state index >= 15 is 0 Å². The Morgan fingerprint density at radius 3 is 2.28 bits per heavy atom. The molecule has 2 aromatic carbocycles. The van der Waals surface area contributed by atoms with E-state index in [1.165, 1.54) is 18.3 Å². The van der Waals surface area contributed by atoms with Crippen molar-refractivity contribution in [3.63, 3.8) is 0 Å². The first-order chi connectivity index (χ1) is 12.1. The number of hydrogen-bond acceptors (Lipinski definition) is 5. The van der Waals surface area contributed by atoms with E-state index in [0.29, 0.717) is 16.6 Å². The lowest BCUT2D eigenvalue weighted by Gasteiger charge is -2.08. The van der Waals surface area contributed by atoms with Gasteiger partial charge < -0.3 is 0 Å². The Balaban J connectivity index is 1.92. The van der Waals surface area contributed by atoms with Crippen molar-refractivity contribution in [1.82, 2.24) is 4.98 Å². The van der Waals surface area contributed by atoms with Gasteiger partial charge in [0.05, 0.1) is 10.6 Å². The van der Waals surface area contributed by atoms with Crippen molar-refractivity contribution in [1.29, 1.82) is 0 Å². The molecule has 3 aromatic rings. The summed E-state index contributed by atoms with van der Waals surface area (Å²) in [5, 5.41) is 15.8. The zero-order chi connectivity index (χ0) is 17.6. The lowest BCUT2D eigenvalue weighted by Crippen LogP contribution is -2.07. The van der Waals surface area contributed by atoms with Gasteiger partial charge >= 0.3 is 0 Å². The zero-order valence-electron chi connectivity index (χ0n) is 13.0. The van der Waals surface area contributed by atoms with E-state index in [-0.39, 0.29) is 5.69 Å². The van der Waals surface area contributed by atoms with Crippen molar-refractivity contribution in [2.24, 2.45) is 5.10 Å². The van der Waals surface area contributed by atoms with Gasteiger partial charge in [0.15, 0.2) is 0 Å². The fourth-order valence-corrected chi connectivity index (χ4v) is 2.30. The number of nitrogens with one attached hydrogen (secondary N) is 1. The number of aromatic nitrogens is 1. The van der Waals surface area contributed by atoms with Crippen LogP contribution in [0.3, 0.4) is 0 Å². The molecule has 25 heavy (non-hydrogen) atoms. The van der Waals surface area contributed by atoms with Gasteiger partial charge in [0.25, 0.3) is 5.69 Å². The van der Waals surface area contributed by atoms with Gasteiger partial charge in [-0.25, -0.2) is 4.98 Å². The highest BCUT2D eigenvalue weighted by Crippen LogP contribution is 2.16. The highest BCUT2D eigenvalue weighted by atomic mass is 35.5. The summed E-state index contributed by atoms with van der Waals surface area (Å²) < 4.78 is 0. The molecule has 1 heterocycles. The van der Waals surface area contributed by atoms with E-state index in [1.807, 2.05) is 42.5 Å². The number of hydrogen-bond donors (Lipinski definition) is 1. The Hall–Kier alpha value is -3.25. The van der Waals surface area contributed by atoms with E-state index in [4.69, 9.17) is 11.6 Å². The third-order valence-electron chi connectivity index (χ3n) is 3.41. The molecule has 3 rings (SSSR count). The number of hydrazone groups is 1. The maximum Gasteiger partial charge on any atom is 0.287 e. The van der Waals surface area contributed by atoms with Crippen molar-refractivity contribution in [2.45, 2.75) is 0 Å². The van der Waals surface area contributed by atoms with Crippen LogP contribution in [0.15, 0.2) is 78.0 Å². The fourth-order valence-electron chi connectivity index (χ4n) is 2.17. The second-order valence-corrected chi connectivity index (χ2v) is 5.54. The summed E-state index contributed by atoms with van der Waals surface area (Å²) in [6.45, 7) is 0. The predicted molar refractivity (Wildman–Crippen MR) is 98.0 cm³/mol. The Labute approximate surface area is 149 Å². The molecule has 1 N–H and O–H groups in total. The summed E-state index contributed by atoms with van der Waals surface area (Å²) in [5.41, 5.74) is 5.27. The SMILES string of the molecule is O=[N+]([O-])c1ccc(N/N=C(\c2ccccc2)c2ccc(Cl)cc2)nc1. The second-order valence-electron chi connectivity index (χ2n) is 5.10. The van der Waals surface area contributed by atoms with Gasteiger partial charge in [-0.1, -0.05) is 54.1 Å². The molecule has 0 amide bonds. The summed E-state index contributed by atoms with van der Waals surface area (Å²) in [5.74, 6) is 0.410. The van der Waals surface area contributed by atoms with Crippen LogP contribution in [0.4, 0.5) is 11.5 Å². The molecule has 0 aliphatic rings. The predicted octanol–water partition coefficient (Wildman–Crippen LogP) is 4.51. The first-order valence-electron chi connectivity index (χ1n) is 7.39. The van der Waals surface area contributed by atoms with E-state index in [9.17, 15) is 10.1 Å². The molecule has 0 spiro atoms. The summed E-state index contributed by atoms with van der Waals surface area (Å²) in [6, 6.07) is 19.9. The minimum atomic E-state index is -0.497. The topological polar surface area (TPSA) is 80.4 Å². The molecule has 0 aliphatic carbocycles. The average molecular weight is 353 g/mol. The smallest absolute Gasteiger partial charge is 0.261 e. The quantitative estimate of drug-likeness (QED) is 0.416. The maximum atomic E-state index is 10.7. The van der Waals surface area contributed by atoms with Gasteiger partial charge in [0, 0.05) is 22.2 Å². The first kappa shape index (κ1) is 16.6. The van der Waals surface area contributed by atoms with Crippen LogP contribution in [0.5, 0.6) is 0 Å². The summed E-state index contributed by atoms with van der Waals surface area (Å²) in [4.78, 5) is 14.2. The molecule has 0 fully saturated rings. The van der Waals surface area contributed by atoms with Crippen molar-refractivity contribution < 1.29 is 4.92 Å². The van der Waals surface area contributed by atoms with Crippen LogP contribution in [0, 0.1) is 10.1 Å². The van der Waals surface area contributed by atoms with Crippen LogP contribution in [0.25, 0.3) is 0 Å². The third kappa shape index (κ3) is 4.19. The Kier molecular flexibility index (Phi) is 5.01. The standard InChI is InChI=1S/C18H13ClN4O2/c19-15-8-6-14(7-9-15)18(13-4-2-1-3-5-13)22-21-17-11-10-16(12-20-17)23(24)25/h1-12H,(H,20,21)/b22-18+. The van der Waals surface area contributed by atoms with Gasteiger partial charge in [-0.05, 0) is 18.2 Å². The number of halogens is 1. The third-order valence-corrected chi connectivity index (χ3v) is 3.66. The lowest BCUT2D eigenvalue weighted by atomic mass is 10.0. The van der Waals surface area contributed by atoms with Crippen molar-refractivity contribution in [3.05, 3.63) is 99.2 Å². The van der Waals surface area contributed by atoms with Crippen LogP contribution < -0.4 is 5.43 Å². The molecular weight excluding hydrogens is 340 g/mol. The number of nitro groups is 1. The first-order valence-corrected chi connectivity index (χ1v) is 7.77. The van der Waals surface area contributed by atoms with Crippen LogP contribution in [-0.4, -0.2) is 15.6 Å². The Morgan fingerprint density at radius 1 is 1.00 bits per heavy atom. The molecule has 0 unspecified atom stereocenters. The molecular formula is C18H13ClN4O2. The van der Waals surface area contributed by atoms with Crippen LogP contribution >= 0.6 is 11.6 Å². The monoisotopic (exact) mass is 352 g/mol. The molecule has 0 saturated heterocycles. The molecule has 6 nitrogen and oxygen atoms in total. The van der Waals surface area contributed by atoms with Crippen molar-refractivity contribution in [3.8, 4) is 0 Å². The number of benzene rings is 2. The molecule has 0 saturated carbocycles. The maximum absolute atomic E-state index is 10.7. The zero-order valence-corrected chi connectivity index (χ0v) is 13.7. The summed E-state index contributed by atoms with van der Waals surface area (Å²) in [7, 11) is 0. The Morgan fingerprint density at radius 2 is 1.68 bits per heavy atom. The second kappa shape index (κ2) is 7.55. The van der Waals surface area contributed by atoms with E-state index in [2.05, 4.69) is 15.5 Å². The molecule has 0 aliphatic heterocycles. The van der Waals surface area contributed by atoms with Gasteiger partial charge in [-0.3, -0.25) is 15.5 Å².